The van der Waals surface area contributed by atoms with Crippen molar-refractivity contribution in [1.29, 1.82) is 0 Å². The smallest absolute Gasteiger partial charge is 0.261 e. The lowest BCUT2D eigenvalue weighted by atomic mass is 10.0. The van der Waals surface area contributed by atoms with Crippen LogP contribution in [0.1, 0.15) is 5.56 Å². The number of sulfonamides is 1. The number of rotatable bonds is 5. The number of anilines is 1. The Balaban J connectivity index is 2.00. The van der Waals surface area contributed by atoms with Gasteiger partial charge in [-0.3, -0.25) is 4.72 Å². The lowest BCUT2D eigenvalue weighted by Crippen LogP contribution is -2.13. The first-order chi connectivity index (χ1) is 11.9. The number of thiophene rings is 1. The maximum absolute atomic E-state index is 12.7. The Labute approximate surface area is 156 Å². The fraction of sp³-hybridized carbons (Fsp3) is 0.111. The van der Waals surface area contributed by atoms with Gasteiger partial charge in [-0.2, -0.15) is 0 Å². The Kier molecular flexibility index (Phi) is 5.03. The van der Waals surface area contributed by atoms with Gasteiger partial charge in [-0.15, -0.1) is 11.3 Å². The number of nitrogens with one attached hydrogen (secondary N) is 1. The van der Waals surface area contributed by atoms with Gasteiger partial charge in [0, 0.05) is 21.3 Å². The summed E-state index contributed by atoms with van der Waals surface area (Å²) in [6.45, 7) is 1.97. The molecule has 2 aromatic carbocycles. The van der Waals surface area contributed by atoms with E-state index in [0.717, 1.165) is 22.4 Å². The molecule has 0 fully saturated rings. The second-order valence-electron chi connectivity index (χ2n) is 5.44. The average Bonchev–Trinajstić information content (AvgIpc) is 3.02. The fourth-order valence-electron chi connectivity index (χ4n) is 2.44. The summed E-state index contributed by atoms with van der Waals surface area (Å²) in [5, 5.41) is 4.06. The van der Waals surface area contributed by atoms with Crippen LogP contribution in [0, 0.1) is 6.92 Å². The normalized spacial score (nSPS) is 11.3. The van der Waals surface area contributed by atoms with Crippen LogP contribution in [-0.4, -0.2) is 15.5 Å². The minimum atomic E-state index is -3.72. The van der Waals surface area contributed by atoms with Crippen LogP contribution < -0.4 is 9.46 Å². The molecular weight excluding hydrogens is 378 g/mol. The Bertz CT molecular complexity index is 1010. The molecule has 0 bridgehead atoms. The third kappa shape index (κ3) is 3.81. The Morgan fingerprint density at radius 2 is 1.88 bits per heavy atom. The molecule has 3 rings (SSSR count). The summed E-state index contributed by atoms with van der Waals surface area (Å²) >= 11 is 7.34. The predicted molar refractivity (Wildman–Crippen MR) is 103 cm³/mol. The molecule has 130 valence electrons. The standard InChI is InChI=1S/C18H16ClNO3S2/c1-12-6-7-14(23-2)9-16(12)17-10-24-11-18(17)20-25(21,22)15-5-3-4-13(19)8-15/h3-11,20H,1-2H3. The summed E-state index contributed by atoms with van der Waals surface area (Å²) < 4.78 is 33.2. The van der Waals surface area contributed by atoms with Crippen LogP contribution in [0.25, 0.3) is 11.1 Å². The van der Waals surface area contributed by atoms with Crippen LogP contribution in [0.4, 0.5) is 5.69 Å². The summed E-state index contributed by atoms with van der Waals surface area (Å²) in [6.07, 6.45) is 0. The van der Waals surface area contributed by atoms with E-state index in [4.69, 9.17) is 16.3 Å². The topological polar surface area (TPSA) is 55.4 Å². The molecule has 1 aromatic heterocycles. The van der Waals surface area contributed by atoms with Crippen molar-refractivity contribution in [2.75, 3.05) is 11.8 Å². The number of benzene rings is 2. The molecule has 0 saturated heterocycles. The first-order valence-electron chi connectivity index (χ1n) is 7.40. The van der Waals surface area contributed by atoms with Crippen LogP contribution in [0.15, 0.2) is 58.1 Å². The molecule has 0 unspecified atom stereocenters. The zero-order chi connectivity index (χ0) is 18.0. The highest BCUT2D eigenvalue weighted by atomic mass is 35.5. The molecule has 7 heteroatoms. The molecule has 25 heavy (non-hydrogen) atoms. The van der Waals surface area contributed by atoms with Crippen molar-refractivity contribution in [2.45, 2.75) is 11.8 Å². The van der Waals surface area contributed by atoms with E-state index in [0.29, 0.717) is 10.7 Å². The Morgan fingerprint density at radius 1 is 1.08 bits per heavy atom. The van der Waals surface area contributed by atoms with Crippen molar-refractivity contribution in [3.63, 3.8) is 0 Å². The Hall–Kier alpha value is -2.02. The highest BCUT2D eigenvalue weighted by Gasteiger charge is 2.18. The van der Waals surface area contributed by atoms with Crippen LogP contribution in [-0.2, 0) is 10.0 Å². The largest absolute Gasteiger partial charge is 0.497 e. The maximum atomic E-state index is 12.7. The summed E-state index contributed by atoms with van der Waals surface area (Å²) in [7, 11) is -2.12. The zero-order valence-electron chi connectivity index (χ0n) is 13.6. The molecule has 4 nitrogen and oxygen atoms in total. The molecule has 3 aromatic rings. The molecule has 0 amide bonds. The molecule has 1 N–H and O–H groups in total. The van der Waals surface area contributed by atoms with Gasteiger partial charge in [0.25, 0.3) is 10.0 Å². The molecule has 0 aliphatic heterocycles. The van der Waals surface area contributed by atoms with Crippen molar-refractivity contribution >= 4 is 38.6 Å². The monoisotopic (exact) mass is 393 g/mol. The maximum Gasteiger partial charge on any atom is 0.261 e. The third-order valence-electron chi connectivity index (χ3n) is 3.75. The third-order valence-corrected chi connectivity index (χ3v) is 6.09. The zero-order valence-corrected chi connectivity index (χ0v) is 16.0. The highest BCUT2D eigenvalue weighted by Crippen LogP contribution is 2.36. The minimum Gasteiger partial charge on any atom is -0.497 e. The van der Waals surface area contributed by atoms with Gasteiger partial charge in [-0.1, -0.05) is 23.7 Å². The summed E-state index contributed by atoms with van der Waals surface area (Å²) in [5.41, 5.74) is 3.29. The van der Waals surface area contributed by atoms with Gasteiger partial charge in [0.05, 0.1) is 17.7 Å². The molecule has 0 spiro atoms. The van der Waals surface area contributed by atoms with E-state index >= 15 is 0 Å². The van der Waals surface area contributed by atoms with E-state index in [-0.39, 0.29) is 4.90 Å². The van der Waals surface area contributed by atoms with Crippen molar-refractivity contribution < 1.29 is 13.2 Å². The molecule has 0 aliphatic carbocycles. The van der Waals surface area contributed by atoms with Gasteiger partial charge in [0.2, 0.25) is 0 Å². The van der Waals surface area contributed by atoms with E-state index in [2.05, 4.69) is 4.72 Å². The Morgan fingerprint density at radius 3 is 2.60 bits per heavy atom. The number of methoxy groups -OCH3 is 1. The first-order valence-corrected chi connectivity index (χ1v) is 10.2. The number of hydrogen-bond donors (Lipinski definition) is 1. The molecule has 0 aliphatic rings. The van der Waals surface area contributed by atoms with Gasteiger partial charge < -0.3 is 4.74 Å². The van der Waals surface area contributed by atoms with E-state index in [1.165, 1.54) is 23.5 Å². The van der Waals surface area contributed by atoms with E-state index in [1.54, 1.807) is 24.6 Å². The van der Waals surface area contributed by atoms with Crippen molar-refractivity contribution in [3.05, 3.63) is 63.8 Å². The average molecular weight is 394 g/mol. The second kappa shape index (κ2) is 7.07. The number of halogens is 1. The first kappa shape index (κ1) is 17.8. The highest BCUT2D eigenvalue weighted by molar-refractivity contribution is 7.92. The summed E-state index contributed by atoms with van der Waals surface area (Å²) in [6, 6.07) is 11.9. The number of hydrogen-bond acceptors (Lipinski definition) is 4. The number of aryl methyl sites for hydroxylation is 1. The predicted octanol–water partition coefficient (Wildman–Crippen LogP) is 5.19. The van der Waals surface area contributed by atoms with E-state index < -0.39 is 10.0 Å². The SMILES string of the molecule is COc1ccc(C)c(-c2cscc2NS(=O)(=O)c2cccc(Cl)c2)c1. The van der Waals surface area contributed by atoms with Gasteiger partial charge in [-0.05, 0) is 48.4 Å². The quantitative estimate of drug-likeness (QED) is 0.649. The van der Waals surface area contributed by atoms with Gasteiger partial charge >= 0.3 is 0 Å². The molecule has 0 atom stereocenters. The molecular formula is C18H16ClNO3S2. The lowest BCUT2D eigenvalue weighted by Gasteiger charge is -2.12. The summed E-state index contributed by atoms with van der Waals surface area (Å²) in [5.74, 6) is 0.718. The van der Waals surface area contributed by atoms with Crippen molar-refractivity contribution in [2.24, 2.45) is 0 Å². The number of ether oxygens (including phenoxy) is 1. The molecule has 1 heterocycles. The van der Waals surface area contributed by atoms with Crippen LogP contribution in [0.3, 0.4) is 0 Å². The minimum absolute atomic E-state index is 0.125. The van der Waals surface area contributed by atoms with Gasteiger partial charge in [0.15, 0.2) is 0 Å². The van der Waals surface area contributed by atoms with Crippen LogP contribution >= 0.6 is 22.9 Å². The summed E-state index contributed by atoms with van der Waals surface area (Å²) in [4.78, 5) is 0.125. The van der Waals surface area contributed by atoms with Crippen molar-refractivity contribution in [3.8, 4) is 16.9 Å². The van der Waals surface area contributed by atoms with Crippen LogP contribution in [0.2, 0.25) is 5.02 Å². The van der Waals surface area contributed by atoms with E-state index in [9.17, 15) is 8.42 Å². The fourth-order valence-corrected chi connectivity index (χ4v) is 4.67. The van der Waals surface area contributed by atoms with Gasteiger partial charge in [0.1, 0.15) is 5.75 Å². The van der Waals surface area contributed by atoms with Gasteiger partial charge in [-0.25, -0.2) is 8.42 Å². The lowest BCUT2D eigenvalue weighted by molar-refractivity contribution is 0.415. The van der Waals surface area contributed by atoms with Crippen molar-refractivity contribution in [1.82, 2.24) is 0 Å². The van der Waals surface area contributed by atoms with E-state index in [1.807, 2.05) is 30.5 Å². The second-order valence-corrected chi connectivity index (χ2v) is 8.31. The molecule has 0 saturated carbocycles. The van der Waals surface area contributed by atoms with Crippen LogP contribution in [0.5, 0.6) is 5.75 Å². The molecule has 0 radical (unpaired) electrons.